The number of ether oxygens (including phenoxy) is 2. The minimum Gasteiger partial charge on any atom is -0.493 e. The van der Waals surface area contributed by atoms with Crippen LogP contribution in [0.25, 0.3) is 0 Å². The van der Waals surface area contributed by atoms with Crippen LogP contribution in [0, 0.1) is 6.92 Å². The van der Waals surface area contributed by atoms with Gasteiger partial charge in [-0.1, -0.05) is 18.2 Å². The van der Waals surface area contributed by atoms with E-state index in [1.54, 1.807) is 31.4 Å². The van der Waals surface area contributed by atoms with Crippen LogP contribution in [0.1, 0.15) is 17.5 Å². The van der Waals surface area contributed by atoms with Crippen molar-refractivity contribution in [3.8, 4) is 11.5 Å². The summed E-state index contributed by atoms with van der Waals surface area (Å²) in [6.45, 7) is 1.88. The summed E-state index contributed by atoms with van der Waals surface area (Å²) >= 11 is 0. The van der Waals surface area contributed by atoms with Crippen molar-refractivity contribution in [2.45, 2.75) is 13.3 Å². The molecule has 0 aromatic heterocycles. The highest BCUT2D eigenvalue weighted by atomic mass is 16.5. The lowest BCUT2D eigenvalue weighted by atomic mass is 10.2. The van der Waals surface area contributed by atoms with Gasteiger partial charge in [0.05, 0.1) is 20.4 Å². The minimum atomic E-state index is -0.507. The standard InChI is InChI=1S/C19H21N3O4/c1-13-6-4-5-7-15(13)21-18(23)11-19(24)22-20-12-14-8-9-16(25-2)17(10-14)26-3/h4-10,12H,11H2,1-3H3,(H,21,23)(H,22,24). The van der Waals surface area contributed by atoms with Crippen LogP contribution in [0.2, 0.25) is 0 Å². The van der Waals surface area contributed by atoms with Crippen LogP contribution in [-0.2, 0) is 9.59 Å². The normalized spacial score (nSPS) is 10.4. The monoisotopic (exact) mass is 355 g/mol. The fourth-order valence-corrected chi connectivity index (χ4v) is 2.20. The van der Waals surface area contributed by atoms with Gasteiger partial charge in [0.2, 0.25) is 11.8 Å². The number of aryl methyl sites for hydroxylation is 1. The molecule has 0 bridgehead atoms. The molecular weight excluding hydrogens is 334 g/mol. The number of amides is 2. The number of methoxy groups -OCH3 is 2. The van der Waals surface area contributed by atoms with Crippen molar-refractivity contribution in [2.24, 2.45) is 5.10 Å². The van der Waals surface area contributed by atoms with Crippen LogP contribution in [0.3, 0.4) is 0 Å². The summed E-state index contributed by atoms with van der Waals surface area (Å²) in [6.07, 6.45) is 1.14. The molecule has 0 aliphatic heterocycles. The second-order valence-corrected chi connectivity index (χ2v) is 5.45. The smallest absolute Gasteiger partial charge is 0.249 e. The van der Waals surface area contributed by atoms with Gasteiger partial charge in [-0.05, 0) is 42.3 Å². The van der Waals surface area contributed by atoms with Gasteiger partial charge in [0.1, 0.15) is 6.42 Å². The van der Waals surface area contributed by atoms with E-state index in [1.165, 1.54) is 13.3 Å². The van der Waals surface area contributed by atoms with E-state index in [2.05, 4.69) is 15.8 Å². The number of hydrogen-bond donors (Lipinski definition) is 2. The maximum absolute atomic E-state index is 11.9. The van der Waals surface area contributed by atoms with Crippen molar-refractivity contribution < 1.29 is 19.1 Å². The molecular formula is C19H21N3O4. The molecule has 0 saturated carbocycles. The number of anilines is 1. The summed E-state index contributed by atoms with van der Waals surface area (Å²) in [6, 6.07) is 12.6. The maximum Gasteiger partial charge on any atom is 0.249 e. The lowest BCUT2D eigenvalue weighted by molar-refractivity contribution is -0.126. The number of hydrogen-bond acceptors (Lipinski definition) is 5. The highest BCUT2D eigenvalue weighted by Crippen LogP contribution is 2.26. The summed E-state index contributed by atoms with van der Waals surface area (Å²) in [5.41, 5.74) is 4.64. The number of carbonyl (C=O) groups is 2. The van der Waals surface area contributed by atoms with Gasteiger partial charge in [0.15, 0.2) is 11.5 Å². The average Bonchev–Trinajstić information content (AvgIpc) is 2.63. The zero-order valence-electron chi connectivity index (χ0n) is 14.9. The molecule has 2 amide bonds. The van der Waals surface area contributed by atoms with Crippen molar-refractivity contribution in [3.05, 3.63) is 53.6 Å². The van der Waals surface area contributed by atoms with Crippen molar-refractivity contribution in [2.75, 3.05) is 19.5 Å². The number of nitrogens with zero attached hydrogens (tertiary/aromatic N) is 1. The molecule has 0 atom stereocenters. The zero-order chi connectivity index (χ0) is 18.9. The summed E-state index contributed by atoms with van der Waals surface area (Å²) in [4.78, 5) is 23.7. The molecule has 0 radical (unpaired) electrons. The van der Waals surface area contributed by atoms with Crippen LogP contribution in [0.5, 0.6) is 11.5 Å². The average molecular weight is 355 g/mol. The first-order valence-corrected chi connectivity index (χ1v) is 7.93. The lowest BCUT2D eigenvalue weighted by Gasteiger charge is -2.08. The number of para-hydroxylation sites is 1. The summed E-state index contributed by atoms with van der Waals surface area (Å²) in [5.74, 6) is 0.243. The Hall–Kier alpha value is -3.35. The molecule has 2 aromatic rings. The number of rotatable bonds is 7. The number of carbonyl (C=O) groups excluding carboxylic acids is 2. The molecule has 136 valence electrons. The third-order valence-electron chi connectivity index (χ3n) is 3.55. The fourth-order valence-electron chi connectivity index (χ4n) is 2.20. The number of benzene rings is 2. The predicted molar refractivity (Wildman–Crippen MR) is 99.7 cm³/mol. The Morgan fingerprint density at radius 3 is 2.46 bits per heavy atom. The maximum atomic E-state index is 11.9. The van der Waals surface area contributed by atoms with E-state index in [4.69, 9.17) is 9.47 Å². The number of hydrazone groups is 1. The zero-order valence-corrected chi connectivity index (χ0v) is 14.9. The Morgan fingerprint density at radius 2 is 1.77 bits per heavy atom. The second kappa shape index (κ2) is 9.22. The van der Waals surface area contributed by atoms with Crippen molar-refractivity contribution in [1.82, 2.24) is 5.43 Å². The van der Waals surface area contributed by atoms with Gasteiger partial charge in [0, 0.05) is 5.69 Å². The lowest BCUT2D eigenvalue weighted by Crippen LogP contribution is -2.24. The van der Waals surface area contributed by atoms with Gasteiger partial charge in [-0.2, -0.15) is 5.10 Å². The van der Waals surface area contributed by atoms with Crippen molar-refractivity contribution in [3.63, 3.8) is 0 Å². The van der Waals surface area contributed by atoms with Crippen molar-refractivity contribution >= 4 is 23.7 Å². The van der Waals surface area contributed by atoms with E-state index in [0.717, 1.165) is 5.56 Å². The van der Waals surface area contributed by atoms with Gasteiger partial charge in [-0.25, -0.2) is 5.43 Å². The Bertz CT molecular complexity index is 818. The molecule has 0 fully saturated rings. The van der Waals surface area contributed by atoms with E-state index < -0.39 is 11.8 Å². The Balaban J connectivity index is 1.87. The Kier molecular flexibility index (Phi) is 6.73. The summed E-state index contributed by atoms with van der Waals surface area (Å²) in [5, 5.41) is 6.54. The molecule has 0 spiro atoms. The highest BCUT2D eigenvalue weighted by molar-refractivity contribution is 6.04. The fraction of sp³-hybridized carbons (Fsp3) is 0.211. The van der Waals surface area contributed by atoms with E-state index in [9.17, 15) is 9.59 Å². The molecule has 0 heterocycles. The Labute approximate surface area is 152 Å². The first kappa shape index (κ1) is 19.0. The third kappa shape index (κ3) is 5.34. The molecule has 0 aliphatic rings. The topological polar surface area (TPSA) is 89.0 Å². The van der Waals surface area contributed by atoms with E-state index in [-0.39, 0.29) is 6.42 Å². The van der Waals surface area contributed by atoms with Gasteiger partial charge in [-0.15, -0.1) is 0 Å². The molecule has 0 unspecified atom stereocenters. The van der Waals surface area contributed by atoms with Gasteiger partial charge in [-0.3, -0.25) is 9.59 Å². The molecule has 0 saturated heterocycles. The highest BCUT2D eigenvalue weighted by Gasteiger charge is 2.10. The molecule has 2 N–H and O–H groups in total. The summed E-state index contributed by atoms with van der Waals surface area (Å²) in [7, 11) is 3.08. The van der Waals surface area contributed by atoms with Crippen LogP contribution in [0.15, 0.2) is 47.6 Å². The molecule has 0 aliphatic carbocycles. The van der Waals surface area contributed by atoms with Crippen LogP contribution in [-0.4, -0.2) is 32.2 Å². The first-order valence-electron chi connectivity index (χ1n) is 7.93. The SMILES string of the molecule is COc1ccc(C=NNC(=O)CC(=O)Nc2ccccc2C)cc1OC. The molecule has 7 nitrogen and oxygen atoms in total. The first-order chi connectivity index (χ1) is 12.5. The van der Waals surface area contributed by atoms with E-state index in [0.29, 0.717) is 22.7 Å². The van der Waals surface area contributed by atoms with Crippen LogP contribution >= 0.6 is 0 Å². The van der Waals surface area contributed by atoms with E-state index >= 15 is 0 Å². The molecule has 7 heteroatoms. The minimum absolute atomic E-state index is 0.322. The van der Waals surface area contributed by atoms with Crippen LogP contribution < -0.4 is 20.2 Å². The quantitative estimate of drug-likeness (QED) is 0.454. The van der Waals surface area contributed by atoms with Crippen molar-refractivity contribution in [1.29, 1.82) is 0 Å². The van der Waals surface area contributed by atoms with Gasteiger partial charge < -0.3 is 14.8 Å². The largest absolute Gasteiger partial charge is 0.493 e. The molecule has 26 heavy (non-hydrogen) atoms. The van der Waals surface area contributed by atoms with E-state index in [1.807, 2.05) is 25.1 Å². The van der Waals surface area contributed by atoms with Gasteiger partial charge in [0.25, 0.3) is 0 Å². The van der Waals surface area contributed by atoms with Crippen LogP contribution in [0.4, 0.5) is 5.69 Å². The second-order valence-electron chi connectivity index (χ2n) is 5.45. The molecule has 2 aromatic carbocycles. The molecule has 2 rings (SSSR count). The van der Waals surface area contributed by atoms with Gasteiger partial charge >= 0.3 is 0 Å². The number of nitrogens with one attached hydrogen (secondary N) is 2. The summed E-state index contributed by atoms with van der Waals surface area (Å²) < 4.78 is 10.3. The third-order valence-corrected chi connectivity index (χ3v) is 3.55. The Morgan fingerprint density at radius 1 is 1.04 bits per heavy atom. The predicted octanol–water partition coefficient (Wildman–Crippen LogP) is 2.49.